The molecule has 0 aliphatic carbocycles. The first-order valence-corrected chi connectivity index (χ1v) is 8.30. The molecule has 1 aromatic carbocycles. The van der Waals surface area contributed by atoms with Crippen LogP contribution in [0.25, 0.3) is 0 Å². The van der Waals surface area contributed by atoms with Crippen molar-refractivity contribution in [1.29, 1.82) is 0 Å². The lowest BCUT2D eigenvalue weighted by atomic mass is 10.1. The van der Waals surface area contributed by atoms with Crippen LogP contribution in [0.1, 0.15) is 35.2 Å². The fraction of sp³-hybridized carbons (Fsp3) is 0.500. The van der Waals surface area contributed by atoms with E-state index in [0.29, 0.717) is 24.5 Å². The van der Waals surface area contributed by atoms with Crippen LogP contribution in [0.4, 0.5) is 0 Å². The molecular formula is C18H29IN4O3. The highest BCUT2D eigenvalue weighted by Crippen LogP contribution is 2.06. The third-order valence-corrected chi connectivity index (χ3v) is 3.62. The van der Waals surface area contributed by atoms with Gasteiger partial charge in [0.2, 0.25) is 0 Å². The normalized spacial score (nSPS) is 10.5. The van der Waals surface area contributed by atoms with Crippen molar-refractivity contribution in [2.75, 3.05) is 34.8 Å². The summed E-state index contributed by atoms with van der Waals surface area (Å²) in [6.07, 6.45) is 2.07. The van der Waals surface area contributed by atoms with E-state index >= 15 is 0 Å². The van der Waals surface area contributed by atoms with Crippen molar-refractivity contribution in [2.45, 2.75) is 25.8 Å². The van der Waals surface area contributed by atoms with Crippen LogP contribution in [0, 0.1) is 0 Å². The number of carbonyl (C=O) groups is 2. The lowest BCUT2D eigenvalue weighted by molar-refractivity contribution is -0.140. The highest BCUT2D eigenvalue weighted by molar-refractivity contribution is 14.0. The Bertz CT molecular complexity index is 589. The van der Waals surface area contributed by atoms with Crippen molar-refractivity contribution in [3.05, 3.63) is 35.4 Å². The maximum Gasteiger partial charge on any atom is 0.305 e. The van der Waals surface area contributed by atoms with E-state index in [4.69, 9.17) is 0 Å². The van der Waals surface area contributed by atoms with Gasteiger partial charge < -0.3 is 20.3 Å². The van der Waals surface area contributed by atoms with E-state index in [-0.39, 0.29) is 35.9 Å². The predicted octanol–water partition coefficient (Wildman–Crippen LogP) is 2.01. The second kappa shape index (κ2) is 13.4. The van der Waals surface area contributed by atoms with E-state index in [1.165, 1.54) is 7.11 Å². The zero-order valence-electron chi connectivity index (χ0n) is 15.9. The number of halogens is 1. The number of aliphatic imine (C=N–C) groups is 1. The standard InChI is InChI=1S/C18H28N4O3.HI/c1-19-18(20-12-6-5-7-16(23)25-4)21-13-14-8-10-15(11-9-14)17(24)22(2)3;/h8-11H,5-7,12-13H2,1-4H3,(H2,19,20,21);1H. The number of nitrogens with zero attached hydrogens (tertiary/aromatic N) is 2. The van der Waals surface area contributed by atoms with Gasteiger partial charge in [-0.05, 0) is 30.5 Å². The van der Waals surface area contributed by atoms with Gasteiger partial charge in [-0.3, -0.25) is 14.6 Å². The van der Waals surface area contributed by atoms with E-state index in [2.05, 4.69) is 20.4 Å². The molecule has 1 amide bonds. The average molecular weight is 476 g/mol. The summed E-state index contributed by atoms with van der Waals surface area (Å²) < 4.78 is 4.60. The molecule has 0 atom stereocenters. The molecule has 0 spiro atoms. The van der Waals surface area contributed by atoms with Gasteiger partial charge >= 0.3 is 5.97 Å². The first kappa shape index (κ1) is 24.2. The van der Waals surface area contributed by atoms with Crippen LogP contribution in [-0.4, -0.2) is 57.5 Å². The molecule has 1 aromatic rings. The Morgan fingerprint density at radius 2 is 1.77 bits per heavy atom. The smallest absolute Gasteiger partial charge is 0.305 e. The largest absolute Gasteiger partial charge is 0.469 e. The SMILES string of the molecule is CN=C(NCCCCC(=O)OC)NCc1ccc(C(=O)N(C)C)cc1.I. The molecule has 0 unspecified atom stereocenters. The summed E-state index contributed by atoms with van der Waals surface area (Å²) in [5.74, 6) is 0.508. The molecule has 26 heavy (non-hydrogen) atoms. The Hall–Kier alpha value is -1.84. The van der Waals surface area contributed by atoms with Gasteiger partial charge in [0.15, 0.2) is 5.96 Å². The summed E-state index contributed by atoms with van der Waals surface area (Å²) in [5.41, 5.74) is 1.73. The lowest BCUT2D eigenvalue weighted by Crippen LogP contribution is -2.37. The minimum atomic E-state index is -0.182. The Morgan fingerprint density at radius 1 is 1.12 bits per heavy atom. The third kappa shape index (κ3) is 9.02. The van der Waals surface area contributed by atoms with Crippen molar-refractivity contribution >= 4 is 41.8 Å². The van der Waals surface area contributed by atoms with Crippen molar-refractivity contribution in [1.82, 2.24) is 15.5 Å². The quantitative estimate of drug-likeness (QED) is 0.197. The number of unbranched alkanes of at least 4 members (excludes halogenated alkanes) is 1. The topological polar surface area (TPSA) is 83.0 Å². The van der Waals surface area contributed by atoms with Crippen LogP contribution in [0.15, 0.2) is 29.3 Å². The molecule has 0 saturated heterocycles. The molecule has 7 nitrogen and oxygen atoms in total. The molecule has 0 heterocycles. The Morgan fingerprint density at radius 3 is 2.31 bits per heavy atom. The van der Waals surface area contributed by atoms with Gasteiger partial charge in [-0.1, -0.05) is 12.1 Å². The Kier molecular flexibility index (Phi) is 12.4. The van der Waals surface area contributed by atoms with Crippen molar-refractivity contribution < 1.29 is 14.3 Å². The number of benzene rings is 1. The molecule has 0 aliphatic rings. The number of guanidine groups is 1. The average Bonchev–Trinajstić information content (AvgIpc) is 2.63. The molecule has 0 saturated carbocycles. The second-order valence-corrected chi connectivity index (χ2v) is 5.78. The summed E-state index contributed by atoms with van der Waals surface area (Å²) in [6.45, 7) is 1.34. The van der Waals surface area contributed by atoms with Gasteiger partial charge in [-0.25, -0.2) is 0 Å². The molecule has 0 aromatic heterocycles. The number of carbonyl (C=O) groups excluding carboxylic acids is 2. The first-order valence-electron chi connectivity index (χ1n) is 8.30. The number of ether oxygens (including phenoxy) is 1. The first-order chi connectivity index (χ1) is 12.0. The van der Waals surface area contributed by atoms with Crippen LogP contribution in [0.3, 0.4) is 0 Å². The summed E-state index contributed by atoms with van der Waals surface area (Å²) in [6, 6.07) is 7.49. The van der Waals surface area contributed by atoms with Gasteiger partial charge in [0.05, 0.1) is 7.11 Å². The number of esters is 1. The minimum absolute atomic E-state index is 0. The van der Waals surface area contributed by atoms with Crippen LogP contribution in [0.2, 0.25) is 0 Å². The van der Waals surface area contributed by atoms with Crippen molar-refractivity contribution in [3.63, 3.8) is 0 Å². The Labute approximate surface area is 172 Å². The molecule has 0 radical (unpaired) electrons. The monoisotopic (exact) mass is 476 g/mol. The van der Waals surface area contributed by atoms with Crippen molar-refractivity contribution in [3.8, 4) is 0 Å². The fourth-order valence-corrected chi connectivity index (χ4v) is 2.13. The van der Waals surface area contributed by atoms with Gasteiger partial charge in [-0.2, -0.15) is 0 Å². The lowest BCUT2D eigenvalue weighted by Gasteiger charge is -2.13. The maximum absolute atomic E-state index is 11.9. The molecule has 2 N–H and O–H groups in total. The number of amides is 1. The molecule has 0 aliphatic heterocycles. The zero-order valence-corrected chi connectivity index (χ0v) is 18.2. The van der Waals surface area contributed by atoms with E-state index in [1.807, 2.05) is 24.3 Å². The molecule has 1 rings (SSSR count). The van der Waals surface area contributed by atoms with Crippen molar-refractivity contribution in [2.24, 2.45) is 4.99 Å². The summed E-state index contributed by atoms with van der Waals surface area (Å²) >= 11 is 0. The van der Waals surface area contributed by atoms with Crippen LogP contribution >= 0.6 is 24.0 Å². The van der Waals surface area contributed by atoms with E-state index in [0.717, 1.165) is 24.9 Å². The van der Waals surface area contributed by atoms with Crippen LogP contribution in [0.5, 0.6) is 0 Å². The summed E-state index contributed by atoms with van der Waals surface area (Å²) in [7, 11) is 6.58. The molecule has 146 valence electrons. The highest BCUT2D eigenvalue weighted by Gasteiger charge is 2.07. The summed E-state index contributed by atoms with van der Waals surface area (Å²) in [4.78, 5) is 28.6. The van der Waals surface area contributed by atoms with E-state index in [1.54, 1.807) is 26.0 Å². The summed E-state index contributed by atoms with van der Waals surface area (Å²) in [5, 5.41) is 6.42. The molecule has 0 bridgehead atoms. The Balaban J connectivity index is 0.00000625. The second-order valence-electron chi connectivity index (χ2n) is 5.78. The number of hydrogen-bond acceptors (Lipinski definition) is 4. The number of rotatable bonds is 8. The van der Waals surface area contributed by atoms with Crippen LogP contribution < -0.4 is 10.6 Å². The van der Waals surface area contributed by atoms with Gasteiger partial charge in [-0.15, -0.1) is 24.0 Å². The number of methoxy groups -OCH3 is 1. The maximum atomic E-state index is 11.9. The molecular weight excluding hydrogens is 447 g/mol. The van der Waals surface area contributed by atoms with Gasteiger partial charge in [0, 0.05) is 46.2 Å². The van der Waals surface area contributed by atoms with E-state index in [9.17, 15) is 9.59 Å². The third-order valence-electron chi connectivity index (χ3n) is 3.62. The van der Waals surface area contributed by atoms with E-state index < -0.39 is 0 Å². The predicted molar refractivity (Wildman–Crippen MR) is 114 cm³/mol. The molecule has 0 fully saturated rings. The highest BCUT2D eigenvalue weighted by atomic mass is 127. The zero-order chi connectivity index (χ0) is 18.7. The number of nitrogens with one attached hydrogen (secondary N) is 2. The van der Waals surface area contributed by atoms with Crippen LogP contribution in [-0.2, 0) is 16.1 Å². The van der Waals surface area contributed by atoms with Gasteiger partial charge in [0.1, 0.15) is 0 Å². The number of hydrogen-bond donors (Lipinski definition) is 2. The van der Waals surface area contributed by atoms with Gasteiger partial charge in [0.25, 0.3) is 5.91 Å². The minimum Gasteiger partial charge on any atom is -0.469 e. The molecule has 8 heteroatoms. The fourth-order valence-electron chi connectivity index (χ4n) is 2.13.